The van der Waals surface area contributed by atoms with Gasteiger partial charge in [-0.25, -0.2) is 8.42 Å². The molecule has 0 radical (unpaired) electrons. The lowest BCUT2D eigenvalue weighted by atomic mass is 10.1. The minimum Gasteiger partial charge on any atom is -0.309 e. The fourth-order valence-electron chi connectivity index (χ4n) is 2.19. The van der Waals surface area contributed by atoms with Crippen LogP contribution in [0.25, 0.3) is 0 Å². The van der Waals surface area contributed by atoms with Crippen molar-refractivity contribution in [3.05, 3.63) is 29.8 Å². The summed E-state index contributed by atoms with van der Waals surface area (Å²) in [6.07, 6.45) is 1.20. The molecule has 0 bridgehead atoms. The van der Waals surface area contributed by atoms with Crippen LogP contribution in [0.2, 0.25) is 0 Å². The van der Waals surface area contributed by atoms with Gasteiger partial charge < -0.3 is 5.32 Å². The van der Waals surface area contributed by atoms with Crippen LogP contribution in [0.4, 0.5) is 0 Å². The van der Waals surface area contributed by atoms with Gasteiger partial charge in [0.15, 0.2) is 9.84 Å². The Bertz CT molecular complexity index is 566. The summed E-state index contributed by atoms with van der Waals surface area (Å²) >= 11 is 0. The maximum Gasteiger partial charge on any atom is 0.175 e. The summed E-state index contributed by atoms with van der Waals surface area (Å²) in [5.41, 5.74) is 0.995. The molecule has 0 saturated carbocycles. The molecular formula is C13H19NO3S2. The maximum absolute atomic E-state index is 11.9. The van der Waals surface area contributed by atoms with E-state index in [1.165, 1.54) is 6.26 Å². The SMILES string of the molecule is CC1CNC(c2ccc(S(C)(=O)=O)cc2)CS(=O)C1. The van der Waals surface area contributed by atoms with Gasteiger partial charge in [0.25, 0.3) is 0 Å². The molecule has 3 atom stereocenters. The first-order valence-corrected chi connectivity index (χ1v) is 9.62. The quantitative estimate of drug-likeness (QED) is 0.889. The molecule has 19 heavy (non-hydrogen) atoms. The Hall–Kier alpha value is -0.720. The first-order chi connectivity index (χ1) is 8.86. The third-order valence-electron chi connectivity index (χ3n) is 3.25. The van der Waals surface area contributed by atoms with Gasteiger partial charge in [-0.2, -0.15) is 0 Å². The smallest absolute Gasteiger partial charge is 0.175 e. The van der Waals surface area contributed by atoms with Crippen molar-refractivity contribution in [1.29, 1.82) is 0 Å². The van der Waals surface area contributed by atoms with Crippen molar-refractivity contribution in [1.82, 2.24) is 5.32 Å². The lowest BCUT2D eigenvalue weighted by Gasteiger charge is -2.16. The van der Waals surface area contributed by atoms with Crippen molar-refractivity contribution >= 4 is 20.6 Å². The van der Waals surface area contributed by atoms with Crippen LogP contribution in [-0.4, -0.2) is 36.9 Å². The molecule has 1 aliphatic heterocycles. The topological polar surface area (TPSA) is 63.2 Å². The fourth-order valence-corrected chi connectivity index (χ4v) is 4.40. The van der Waals surface area contributed by atoms with E-state index in [4.69, 9.17) is 0 Å². The summed E-state index contributed by atoms with van der Waals surface area (Å²) in [6.45, 7) is 2.92. The average Bonchev–Trinajstić information content (AvgIpc) is 2.49. The molecule has 1 aliphatic rings. The standard InChI is InChI=1S/C13H19NO3S2/c1-10-7-14-13(9-18(15)8-10)11-3-5-12(6-4-11)19(2,16)17/h3-6,10,13-14H,7-9H2,1-2H3. The van der Waals surface area contributed by atoms with Crippen LogP contribution in [0.3, 0.4) is 0 Å². The summed E-state index contributed by atoms with van der Waals surface area (Å²) in [5.74, 6) is 1.72. The van der Waals surface area contributed by atoms with Crippen LogP contribution in [-0.2, 0) is 20.6 Å². The Balaban J connectivity index is 2.20. The van der Waals surface area contributed by atoms with E-state index >= 15 is 0 Å². The van der Waals surface area contributed by atoms with Crippen molar-refractivity contribution in [3.8, 4) is 0 Å². The second kappa shape index (κ2) is 5.73. The van der Waals surface area contributed by atoms with Crippen molar-refractivity contribution < 1.29 is 12.6 Å². The number of hydrogen-bond acceptors (Lipinski definition) is 4. The number of nitrogens with one attached hydrogen (secondary N) is 1. The van der Waals surface area contributed by atoms with Gasteiger partial charge in [-0.15, -0.1) is 0 Å². The van der Waals surface area contributed by atoms with E-state index in [0.29, 0.717) is 16.6 Å². The van der Waals surface area contributed by atoms with Crippen LogP contribution in [0.5, 0.6) is 0 Å². The van der Waals surface area contributed by atoms with E-state index in [-0.39, 0.29) is 6.04 Å². The van der Waals surface area contributed by atoms with E-state index in [1.807, 2.05) is 0 Å². The average molecular weight is 301 g/mol. The van der Waals surface area contributed by atoms with E-state index in [0.717, 1.165) is 17.9 Å². The van der Waals surface area contributed by atoms with Gasteiger partial charge in [0.1, 0.15) is 0 Å². The van der Waals surface area contributed by atoms with Crippen LogP contribution < -0.4 is 5.32 Å². The summed E-state index contributed by atoms with van der Waals surface area (Å²) in [6, 6.07) is 6.88. The number of rotatable bonds is 2. The molecule has 0 spiro atoms. The van der Waals surface area contributed by atoms with Crippen molar-refractivity contribution in [2.75, 3.05) is 24.3 Å². The Morgan fingerprint density at radius 1 is 1.21 bits per heavy atom. The van der Waals surface area contributed by atoms with Gasteiger partial charge in [-0.1, -0.05) is 19.1 Å². The first-order valence-electron chi connectivity index (χ1n) is 6.24. The van der Waals surface area contributed by atoms with Crippen LogP contribution in [0.1, 0.15) is 18.5 Å². The zero-order valence-electron chi connectivity index (χ0n) is 11.1. The second-order valence-corrected chi connectivity index (χ2v) is 8.74. The molecule has 0 aromatic heterocycles. The Labute approximate surface area is 117 Å². The number of benzene rings is 1. The van der Waals surface area contributed by atoms with Gasteiger partial charge in [-0.05, 0) is 30.2 Å². The zero-order chi connectivity index (χ0) is 14.0. The number of hydrogen-bond donors (Lipinski definition) is 1. The predicted octanol–water partition coefficient (Wildman–Crippen LogP) is 1.12. The lowest BCUT2D eigenvalue weighted by Crippen LogP contribution is -2.25. The van der Waals surface area contributed by atoms with E-state index in [2.05, 4.69) is 12.2 Å². The van der Waals surface area contributed by atoms with Crippen LogP contribution in [0, 0.1) is 5.92 Å². The van der Waals surface area contributed by atoms with Crippen molar-refractivity contribution in [2.24, 2.45) is 5.92 Å². The van der Waals surface area contributed by atoms with E-state index in [1.54, 1.807) is 24.3 Å². The van der Waals surface area contributed by atoms with Gasteiger partial charge in [0.2, 0.25) is 0 Å². The number of sulfone groups is 1. The maximum atomic E-state index is 11.9. The normalized spacial score (nSPS) is 28.8. The van der Waals surface area contributed by atoms with Crippen LogP contribution >= 0.6 is 0 Å². The largest absolute Gasteiger partial charge is 0.309 e. The molecule has 1 heterocycles. The summed E-state index contributed by atoms with van der Waals surface area (Å²) in [7, 11) is -3.98. The molecule has 0 amide bonds. The Morgan fingerprint density at radius 2 is 1.84 bits per heavy atom. The van der Waals surface area contributed by atoms with Gasteiger partial charge in [0.05, 0.1) is 4.90 Å². The molecule has 3 unspecified atom stereocenters. The molecule has 106 valence electrons. The molecule has 0 aliphatic carbocycles. The lowest BCUT2D eigenvalue weighted by molar-refractivity contribution is 0.517. The molecule has 1 aromatic carbocycles. The molecule has 6 heteroatoms. The minimum atomic E-state index is -3.16. The van der Waals surface area contributed by atoms with E-state index in [9.17, 15) is 12.6 Å². The monoisotopic (exact) mass is 301 g/mol. The van der Waals surface area contributed by atoms with Crippen LogP contribution in [0.15, 0.2) is 29.2 Å². The summed E-state index contributed by atoms with van der Waals surface area (Å²) < 4.78 is 34.7. The zero-order valence-corrected chi connectivity index (χ0v) is 12.8. The molecule has 1 aromatic rings. The Kier molecular flexibility index (Phi) is 4.43. The molecule has 2 rings (SSSR count). The molecule has 1 saturated heterocycles. The highest BCUT2D eigenvalue weighted by Gasteiger charge is 2.21. The third kappa shape index (κ3) is 3.87. The molecule has 1 N–H and O–H groups in total. The summed E-state index contributed by atoms with van der Waals surface area (Å²) in [5, 5.41) is 3.39. The second-order valence-electron chi connectivity index (χ2n) is 5.18. The van der Waals surface area contributed by atoms with Gasteiger partial charge >= 0.3 is 0 Å². The molecular weight excluding hydrogens is 282 g/mol. The Morgan fingerprint density at radius 3 is 2.42 bits per heavy atom. The third-order valence-corrected chi connectivity index (χ3v) is 6.02. The molecule has 1 fully saturated rings. The fraction of sp³-hybridized carbons (Fsp3) is 0.538. The van der Waals surface area contributed by atoms with Crippen molar-refractivity contribution in [3.63, 3.8) is 0 Å². The highest BCUT2D eigenvalue weighted by Crippen LogP contribution is 2.20. The first kappa shape index (κ1) is 14.7. The van der Waals surface area contributed by atoms with Crippen molar-refractivity contribution in [2.45, 2.75) is 17.9 Å². The highest BCUT2D eigenvalue weighted by molar-refractivity contribution is 7.90. The van der Waals surface area contributed by atoms with Gasteiger partial charge in [-0.3, -0.25) is 4.21 Å². The van der Waals surface area contributed by atoms with E-state index < -0.39 is 20.6 Å². The summed E-state index contributed by atoms with van der Waals surface area (Å²) in [4.78, 5) is 0.319. The predicted molar refractivity (Wildman–Crippen MR) is 77.3 cm³/mol. The van der Waals surface area contributed by atoms with Gasteiger partial charge in [0, 0.05) is 34.6 Å². The highest BCUT2D eigenvalue weighted by atomic mass is 32.2. The molecule has 4 nitrogen and oxygen atoms in total. The minimum absolute atomic E-state index is 0.0411.